The summed E-state index contributed by atoms with van der Waals surface area (Å²) in [5.41, 5.74) is 5.46. The minimum atomic E-state index is -0.191. The van der Waals surface area contributed by atoms with E-state index in [1.54, 1.807) is 0 Å². The third-order valence-corrected chi connectivity index (χ3v) is 2.84. The number of nitrogens with two attached hydrogens (primary N) is 1. The van der Waals surface area contributed by atoms with Crippen molar-refractivity contribution in [2.24, 2.45) is 11.7 Å². The number of nitrogens with one attached hydrogen (secondary N) is 1. The summed E-state index contributed by atoms with van der Waals surface area (Å²) < 4.78 is 5.62. The number of hydrogen-bond acceptors (Lipinski definition) is 3. The van der Waals surface area contributed by atoms with Gasteiger partial charge in [-0.3, -0.25) is 4.79 Å². The Labute approximate surface area is 97.9 Å². The highest BCUT2D eigenvalue weighted by Gasteiger charge is 2.27. The Morgan fingerprint density at radius 2 is 2.12 bits per heavy atom. The van der Waals surface area contributed by atoms with Crippen molar-refractivity contribution < 1.29 is 9.53 Å². The van der Waals surface area contributed by atoms with Crippen LogP contribution in [0.3, 0.4) is 0 Å². The number of carbonyl (C=O) groups is 1. The second-order valence-electron chi connectivity index (χ2n) is 5.57. The fraction of sp³-hybridized carbons (Fsp3) is 0.917. The molecule has 1 saturated carbocycles. The Morgan fingerprint density at radius 1 is 1.44 bits per heavy atom. The SMILES string of the molecule is CC(C)(C)NC(=O)COC1CCCC1CN. The lowest BCUT2D eigenvalue weighted by molar-refractivity contribution is -0.129. The first-order valence-corrected chi connectivity index (χ1v) is 6.05. The molecule has 2 unspecified atom stereocenters. The van der Waals surface area contributed by atoms with Crippen LogP contribution in [-0.2, 0) is 9.53 Å². The van der Waals surface area contributed by atoms with Crippen molar-refractivity contribution in [2.75, 3.05) is 13.2 Å². The van der Waals surface area contributed by atoms with E-state index in [0.29, 0.717) is 12.5 Å². The van der Waals surface area contributed by atoms with Crippen LogP contribution in [0.25, 0.3) is 0 Å². The molecule has 0 bridgehead atoms. The average molecular weight is 228 g/mol. The van der Waals surface area contributed by atoms with Gasteiger partial charge in [-0.2, -0.15) is 0 Å². The molecule has 94 valence electrons. The standard InChI is InChI=1S/C12H24N2O2/c1-12(2,3)14-11(15)8-16-10-6-4-5-9(10)7-13/h9-10H,4-8,13H2,1-3H3,(H,14,15). The molecule has 1 aliphatic rings. The van der Waals surface area contributed by atoms with Crippen LogP contribution in [0.4, 0.5) is 0 Å². The van der Waals surface area contributed by atoms with Crippen molar-refractivity contribution in [2.45, 2.75) is 51.7 Å². The minimum absolute atomic E-state index is 0.0461. The van der Waals surface area contributed by atoms with E-state index in [9.17, 15) is 4.79 Å². The number of amides is 1. The Morgan fingerprint density at radius 3 is 2.69 bits per heavy atom. The van der Waals surface area contributed by atoms with Crippen molar-refractivity contribution >= 4 is 5.91 Å². The van der Waals surface area contributed by atoms with Crippen LogP contribution in [-0.4, -0.2) is 30.7 Å². The fourth-order valence-corrected chi connectivity index (χ4v) is 2.13. The molecule has 0 radical (unpaired) electrons. The minimum Gasteiger partial charge on any atom is -0.368 e. The summed E-state index contributed by atoms with van der Waals surface area (Å²) in [7, 11) is 0. The zero-order valence-electron chi connectivity index (χ0n) is 10.6. The van der Waals surface area contributed by atoms with Gasteiger partial charge in [-0.15, -0.1) is 0 Å². The van der Waals surface area contributed by atoms with Gasteiger partial charge in [0.2, 0.25) is 5.91 Å². The summed E-state index contributed by atoms with van der Waals surface area (Å²) in [6.45, 7) is 6.69. The highest BCUT2D eigenvalue weighted by molar-refractivity contribution is 5.77. The summed E-state index contributed by atoms with van der Waals surface area (Å²) in [6.07, 6.45) is 3.50. The lowest BCUT2D eigenvalue weighted by Crippen LogP contribution is -2.43. The van der Waals surface area contributed by atoms with Gasteiger partial charge in [0.1, 0.15) is 6.61 Å². The lowest BCUT2D eigenvalue weighted by Gasteiger charge is -2.22. The molecule has 16 heavy (non-hydrogen) atoms. The summed E-state index contributed by atoms with van der Waals surface area (Å²) in [4.78, 5) is 11.5. The molecule has 2 atom stereocenters. The molecular weight excluding hydrogens is 204 g/mol. The Balaban J connectivity index is 2.26. The predicted octanol–water partition coefficient (Wildman–Crippen LogP) is 1.05. The number of rotatable bonds is 4. The molecule has 0 saturated heterocycles. The van der Waals surface area contributed by atoms with E-state index >= 15 is 0 Å². The molecule has 4 heteroatoms. The molecule has 4 nitrogen and oxygen atoms in total. The summed E-state index contributed by atoms with van der Waals surface area (Å²) in [6, 6.07) is 0. The third-order valence-electron chi connectivity index (χ3n) is 2.84. The van der Waals surface area contributed by atoms with E-state index in [-0.39, 0.29) is 24.2 Å². The Bertz CT molecular complexity index is 236. The largest absolute Gasteiger partial charge is 0.368 e. The maximum atomic E-state index is 11.5. The summed E-state index contributed by atoms with van der Waals surface area (Å²) in [5.74, 6) is 0.387. The monoisotopic (exact) mass is 228 g/mol. The van der Waals surface area contributed by atoms with Gasteiger partial charge in [0, 0.05) is 5.54 Å². The molecule has 0 aromatic heterocycles. The first kappa shape index (κ1) is 13.5. The summed E-state index contributed by atoms with van der Waals surface area (Å²) >= 11 is 0. The molecule has 3 N–H and O–H groups in total. The first-order valence-electron chi connectivity index (χ1n) is 6.05. The lowest BCUT2D eigenvalue weighted by atomic mass is 10.1. The van der Waals surface area contributed by atoms with Crippen molar-refractivity contribution in [1.82, 2.24) is 5.32 Å². The molecule has 1 aliphatic carbocycles. The van der Waals surface area contributed by atoms with Crippen LogP contribution in [0.5, 0.6) is 0 Å². The van der Waals surface area contributed by atoms with Crippen LogP contribution in [0.1, 0.15) is 40.0 Å². The topological polar surface area (TPSA) is 64.3 Å². The molecule has 0 heterocycles. The van der Waals surface area contributed by atoms with Crippen LogP contribution < -0.4 is 11.1 Å². The normalized spacial score (nSPS) is 25.8. The van der Waals surface area contributed by atoms with Crippen LogP contribution in [0, 0.1) is 5.92 Å². The van der Waals surface area contributed by atoms with E-state index in [2.05, 4.69) is 5.32 Å². The highest BCUT2D eigenvalue weighted by Crippen LogP contribution is 2.27. The molecule has 1 rings (SSSR count). The second kappa shape index (κ2) is 5.64. The van der Waals surface area contributed by atoms with Crippen LogP contribution in [0.15, 0.2) is 0 Å². The molecule has 0 aromatic carbocycles. The quantitative estimate of drug-likeness (QED) is 0.756. The number of carbonyl (C=O) groups excluding carboxylic acids is 1. The third kappa shape index (κ3) is 4.49. The van der Waals surface area contributed by atoms with Gasteiger partial charge in [-0.25, -0.2) is 0 Å². The highest BCUT2D eigenvalue weighted by atomic mass is 16.5. The molecule has 1 amide bonds. The second-order valence-corrected chi connectivity index (χ2v) is 5.57. The average Bonchev–Trinajstić information content (AvgIpc) is 2.59. The van der Waals surface area contributed by atoms with E-state index < -0.39 is 0 Å². The van der Waals surface area contributed by atoms with Gasteiger partial charge < -0.3 is 15.8 Å². The predicted molar refractivity (Wildman–Crippen MR) is 64.0 cm³/mol. The van der Waals surface area contributed by atoms with Crippen LogP contribution in [0.2, 0.25) is 0 Å². The molecular formula is C12H24N2O2. The molecule has 1 fully saturated rings. The number of ether oxygens (including phenoxy) is 1. The van der Waals surface area contributed by atoms with Gasteiger partial charge >= 0.3 is 0 Å². The van der Waals surface area contributed by atoms with Crippen molar-refractivity contribution in [3.8, 4) is 0 Å². The Hall–Kier alpha value is -0.610. The van der Waals surface area contributed by atoms with E-state index in [1.807, 2.05) is 20.8 Å². The first-order chi connectivity index (χ1) is 7.42. The van der Waals surface area contributed by atoms with Crippen molar-refractivity contribution in [1.29, 1.82) is 0 Å². The molecule has 0 aliphatic heterocycles. The Kier molecular flexibility index (Phi) is 4.74. The van der Waals surface area contributed by atoms with Crippen molar-refractivity contribution in [3.05, 3.63) is 0 Å². The zero-order valence-corrected chi connectivity index (χ0v) is 10.6. The zero-order chi connectivity index (χ0) is 12.2. The molecule has 0 aromatic rings. The van der Waals surface area contributed by atoms with E-state index in [4.69, 9.17) is 10.5 Å². The van der Waals surface area contributed by atoms with Gasteiger partial charge in [-0.1, -0.05) is 6.42 Å². The maximum absolute atomic E-state index is 11.5. The number of hydrogen-bond donors (Lipinski definition) is 2. The van der Waals surface area contributed by atoms with Gasteiger partial charge in [0.15, 0.2) is 0 Å². The van der Waals surface area contributed by atoms with E-state index in [0.717, 1.165) is 19.3 Å². The van der Waals surface area contributed by atoms with Crippen molar-refractivity contribution in [3.63, 3.8) is 0 Å². The van der Waals surface area contributed by atoms with Gasteiger partial charge in [0.25, 0.3) is 0 Å². The van der Waals surface area contributed by atoms with Gasteiger partial charge in [-0.05, 0) is 46.1 Å². The maximum Gasteiger partial charge on any atom is 0.246 e. The fourth-order valence-electron chi connectivity index (χ4n) is 2.13. The van der Waals surface area contributed by atoms with E-state index in [1.165, 1.54) is 0 Å². The molecule has 0 spiro atoms. The van der Waals surface area contributed by atoms with Gasteiger partial charge in [0.05, 0.1) is 6.10 Å². The summed E-state index contributed by atoms with van der Waals surface area (Å²) in [5, 5.41) is 2.88. The smallest absolute Gasteiger partial charge is 0.246 e. The van der Waals surface area contributed by atoms with Crippen LogP contribution >= 0.6 is 0 Å².